The van der Waals surface area contributed by atoms with Crippen molar-refractivity contribution in [3.05, 3.63) is 23.8 Å². The minimum Gasteiger partial charge on any atom is -0.493 e. The number of hydrogen-bond donors (Lipinski definition) is 0. The molecular formula is C18H24O4. The molecule has 0 aromatic heterocycles. The van der Waals surface area contributed by atoms with E-state index in [2.05, 4.69) is 6.92 Å². The van der Waals surface area contributed by atoms with Crippen molar-refractivity contribution >= 4 is 5.97 Å². The van der Waals surface area contributed by atoms with Crippen LogP contribution in [0.5, 0.6) is 11.5 Å². The van der Waals surface area contributed by atoms with Crippen LogP contribution in [0.3, 0.4) is 0 Å². The summed E-state index contributed by atoms with van der Waals surface area (Å²) in [5, 5.41) is 0. The first-order valence-electron chi connectivity index (χ1n) is 8.24. The smallest absolute Gasteiger partial charge is 0.306 e. The van der Waals surface area contributed by atoms with E-state index in [1.165, 1.54) is 12.8 Å². The van der Waals surface area contributed by atoms with E-state index >= 15 is 0 Å². The minimum absolute atomic E-state index is 0.115. The topological polar surface area (TPSA) is 44.8 Å². The van der Waals surface area contributed by atoms with Gasteiger partial charge in [0.1, 0.15) is 5.60 Å². The number of ether oxygens (including phenoxy) is 3. The highest BCUT2D eigenvalue weighted by Crippen LogP contribution is 2.43. The van der Waals surface area contributed by atoms with Crippen molar-refractivity contribution in [1.82, 2.24) is 0 Å². The average molecular weight is 304 g/mol. The molecule has 0 amide bonds. The Morgan fingerprint density at radius 1 is 1.27 bits per heavy atom. The molecule has 1 aliphatic carbocycles. The predicted molar refractivity (Wildman–Crippen MR) is 83.2 cm³/mol. The lowest BCUT2D eigenvalue weighted by Crippen LogP contribution is -2.24. The first-order valence-corrected chi connectivity index (χ1v) is 8.24. The second kappa shape index (κ2) is 6.19. The van der Waals surface area contributed by atoms with Gasteiger partial charge in [-0.05, 0) is 49.8 Å². The number of carbonyl (C=O) groups excluding carboxylic acids is 1. The number of cyclic esters (lactones) is 1. The summed E-state index contributed by atoms with van der Waals surface area (Å²) in [5.41, 5.74) is 0.506. The molecule has 0 bridgehead atoms. The van der Waals surface area contributed by atoms with Crippen LogP contribution in [0.1, 0.15) is 57.4 Å². The van der Waals surface area contributed by atoms with Gasteiger partial charge in [-0.3, -0.25) is 4.79 Å². The van der Waals surface area contributed by atoms with Crippen molar-refractivity contribution in [2.75, 3.05) is 7.11 Å². The fraction of sp³-hybridized carbons (Fsp3) is 0.611. The molecule has 1 heterocycles. The molecule has 1 aromatic rings. The van der Waals surface area contributed by atoms with E-state index in [1.54, 1.807) is 7.11 Å². The van der Waals surface area contributed by atoms with E-state index in [-0.39, 0.29) is 12.1 Å². The number of hydrogen-bond acceptors (Lipinski definition) is 4. The molecule has 1 saturated carbocycles. The number of methoxy groups -OCH3 is 1. The molecule has 1 atom stereocenters. The van der Waals surface area contributed by atoms with Crippen molar-refractivity contribution in [1.29, 1.82) is 0 Å². The zero-order chi connectivity index (χ0) is 15.6. The summed E-state index contributed by atoms with van der Waals surface area (Å²) >= 11 is 0. The van der Waals surface area contributed by atoms with Gasteiger partial charge in [0.05, 0.1) is 13.2 Å². The summed E-state index contributed by atoms with van der Waals surface area (Å²) in [6.07, 6.45) is 6.91. The third-order valence-electron chi connectivity index (χ3n) is 4.90. The van der Waals surface area contributed by atoms with Crippen LogP contribution >= 0.6 is 0 Å². The molecule has 1 saturated heterocycles. The Hall–Kier alpha value is -1.71. The molecule has 2 fully saturated rings. The minimum atomic E-state index is -0.503. The van der Waals surface area contributed by atoms with Gasteiger partial charge in [0.25, 0.3) is 0 Å². The zero-order valence-corrected chi connectivity index (χ0v) is 13.4. The normalized spacial score (nSPS) is 25.3. The molecule has 1 aliphatic heterocycles. The molecule has 4 nitrogen and oxygen atoms in total. The summed E-state index contributed by atoms with van der Waals surface area (Å²) in [6, 6.07) is 5.91. The van der Waals surface area contributed by atoms with Crippen molar-refractivity contribution in [2.24, 2.45) is 0 Å². The fourth-order valence-corrected chi connectivity index (χ4v) is 3.52. The third-order valence-corrected chi connectivity index (χ3v) is 4.90. The van der Waals surface area contributed by atoms with Crippen molar-refractivity contribution in [3.8, 4) is 11.5 Å². The predicted octanol–water partition coefficient (Wildman–Crippen LogP) is 3.96. The summed E-state index contributed by atoms with van der Waals surface area (Å²) < 4.78 is 17.2. The quantitative estimate of drug-likeness (QED) is 0.772. The molecule has 0 spiro atoms. The summed E-state index contributed by atoms with van der Waals surface area (Å²) in [7, 11) is 1.65. The van der Waals surface area contributed by atoms with Crippen molar-refractivity contribution in [3.63, 3.8) is 0 Å². The van der Waals surface area contributed by atoms with Gasteiger partial charge >= 0.3 is 5.97 Å². The van der Waals surface area contributed by atoms with Gasteiger partial charge in [-0.15, -0.1) is 0 Å². The molecule has 2 aliphatic rings. The molecule has 3 rings (SSSR count). The molecule has 1 unspecified atom stereocenters. The maximum Gasteiger partial charge on any atom is 0.306 e. The van der Waals surface area contributed by atoms with E-state index in [1.807, 2.05) is 18.2 Å². The number of rotatable bonds is 5. The van der Waals surface area contributed by atoms with Gasteiger partial charge in [0.2, 0.25) is 0 Å². The standard InChI is InChI=1S/C18H24O4/c1-3-18(11-10-17(19)22-18)13-8-9-15(20-2)16(12-13)21-14-6-4-5-7-14/h8-9,12,14H,3-7,10-11H2,1-2H3. The maximum absolute atomic E-state index is 11.6. The highest BCUT2D eigenvalue weighted by Gasteiger charge is 2.41. The van der Waals surface area contributed by atoms with Gasteiger partial charge in [-0.1, -0.05) is 13.0 Å². The van der Waals surface area contributed by atoms with E-state index < -0.39 is 5.60 Å². The van der Waals surface area contributed by atoms with Crippen molar-refractivity contribution in [2.45, 2.75) is 63.6 Å². The first-order chi connectivity index (χ1) is 10.7. The Morgan fingerprint density at radius 3 is 2.64 bits per heavy atom. The lowest BCUT2D eigenvalue weighted by molar-refractivity contribution is -0.149. The highest BCUT2D eigenvalue weighted by molar-refractivity contribution is 5.72. The number of benzene rings is 1. The van der Waals surface area contributed by atoms with Gasteiger partial charge in [0, 0.05) is 12.8 Å². The molecule has 0 radical (unpaired) electrons. The second-order valence-corrected chi connectivity index (χ2v) is 6.21. The Balaban J connectivity index is 1.90. The van der Waals surface area contributed by atoms with Crippen LogP contribution in [0, 0.1) is 0 Å². The molecule has 120 valence electrons. The average Bonchev–Trinajstić information content (AvgIpc) is 3.17. The van der Waals surface area contributed by atoms with E-state index in [0.717, 1.165) is 42.7 Å². The van der Waals surface area contributed by atoms with Crippen LogP contribution in [-0.4, -0.2) is 19.2 Å². The Bertz CT molecular complexity index is 548. The fourth-order valence-electron chi connectivity index (χ4n) is 3.52. The van der Waals surface area contributed by atoms with E-state index in [0.29, 0.717) is 6.42 Å². The van der Waals surface area contributed by atoms with Crippen LogP contribution in [0.25, 0.3) is 0 Å². The molecule has 0 N–H and O–H groups in total. The second-order valence-electron chi connectivity index (χ2n) is 6.21. The highest BCUT2D eigenvalue weighted by atomic mass is 16.6. The third kappa shape index (κ3) is 2.79. The zero-order valence-electron chi connectivity index (χ0n) is 13.4. The Labute approximate surface area is 131 Å². The van der Waals surface area contributed by atoms with Crippen LogP contribution in [0.2, 0.25) is 0 Å². The lowest BCUT2D eigenvalue weighted by atomic mass is 9.88. The Morgan fingerprint density at radius 2 is 2.05 bits per heavy atom. The summed E-state index contributed by atoms with van der Waals surface area (Å²) in [4.78, 5) is 11.6. The van der Waals surface area contributed by atoms with Gasteiger partial charge in [0.15, 0.2) is 11.5 Å². The summed E-state index contributed by atoms with van der Waals surface area (Å²) in [5.74, 6) is 1.39. The van der Waals surface area contributed by atoms with Crippen LogP contribution in [0.4, 0.5) is 0 Å². The van der Waals surface area contributed by atoms with Gasteiger partial charge in [-0.25, -0.2) is 0 Å². The number of esters is 1. The van der Waals surface area contributed by atoms with Crippen LogP contribution < -0.4 is 9.47 Å². The number of carbonyl (C=O) groups is 1. The van der Waals surface area contributed by atoms with Gasteiger partial charge in [-0.2, -0.15) is 0 Å². The van der Waals surface area contributed by atoms with Crippen LogP contribution in [0.15, 0.2) is 18.2 Å². The molecular weight excluding hydrogens is 280 g/mol. The first kappa shape index (κ1) is 15.2. The summed E-state index contributed by atoms with van der Waals surface area (Å²) in [6.45, 7) is 2.06. The monoisotopic (exact) mass is 304 g/mol. The lowest BCUT2D eigenvalue weighted by Gasteiger charge is -2.28. The van der Waals surface area contributed by atoms with Crippen LogP contribution in [-0.2, 0) is 15.1 Å². The molecule has 1 aromatic carbocycles. The molecule has 4 heteroatoms. The largest absolute Gasteiger partial charge is 0.493 e. The van der Waals surface area contributed by atoms with E-state index in [9.17, 15) is 4.79 Å². The van der Waals surface area contributed by atoms with Crippen molar-refractivity contribution < 1.29 is 19.0 Å². The Kier molecular flexibility index (Phi) is 4.27. The SMILES string of the molecule is CCC1(c2ccc(OC)c(OC3CCCC3)c2)CCC(=O)O1. The van der Waals surface area contributed by atoms with E-state index in [4.69, 9.17) is 14.2 Å². The maximum atomic E-state index is 11.6. The van der Waals surface area contributed by atoms with Gasteiger partial charge < -0.3 is 14.2 Å². The molecule has 22 heavy (non-hydrogen) atoms.